The van der Waals surface area contributed by atoms with Gasteiger partial charge in [0.1, 0.15) is 0 Å². The van der Waals surface area contributed by atoms with Crippen molar-refractivity contribution < 1.29 is 19.2 Å². The van der Waals surface area contributed by atoms with Crippen LogP contribution in [0, 0.1) is 24.0 Å². The fourth-order valence-corrected chi connectivity index (χ4v) is 3.47. The van der Waals surface area contributed by atoms with Crippen LogP contribution in [0.25, 0.3) is 11.3 Å². The van der Waals surface area contributed by atoms with Gasteiger partial charge in [-0.1, -0.05) is 12.1 Å². The zero-order valence-electron chi connectivity index (χ0n) is 15.2. The zero-order chi connectivity index (χ0) is 20.3. The molecule has 0 fully saturated rings. The summed E-state index contributed by atoms with van der Waals surface area (Å²) in [6.45, 7) is 3.49. The van der Waals surface area contributed by atoms with E-state index in [1.54, 1.807) is 35.6 Å². The Hall–Kier alpha value is -3.39. The van der Waals surface area contributed by atoms with E-state index in [1.165, 1.54) is 24.3 Å². The van der Waals surface area contributed by atoms with Gasteiger partial charge in [-0.2, -0.15) is 0 Å². The van der Waals surface area contributed by atoms with Gasteiger partial charge in [0.05, 0.1) is 21.2 Å². The number of aromatic nitrogens is 1. The Labute approximate surface area is 164 Å². The highest BCUT2D eigenvalue weighted by Gasteiger charge is 2.14. The molecule has 8 heteroatoms. The Kier molecular flexibility index (Phi) is 5.60. The molecule has 0 aliphatic carbocycles. The van der Waals surface area contributed by atoms with E-state index in [-0.39, 0.29) is 11.3 Å². The molecule has 0 radical (unpaired) electrons. The van der Waals surface area contributed by atoms with Crippen LogP contribution in [0.2, 0.25) is 0 Å². The molecule has 1 aromatic heterocycles. The standard InChI is InChI=1S/C20H16N2O5S/c1-12-19(21-13(2)28-12)15-3-5-16(6-4-15)20(24)27-11-18(23)14-7-9-17(10-8-14)22(25)26/h3-10H,11H2,1-2H3. The molecule has 1 heterocycles. The minimum Gasteiger partial charge on any atom is -0.454 e. The van der Waals surface area contributed by atoms with E-state index in [9.17, 15) is 19.7 Å². The average molecular weight is 396 g/mol. The molecule has 0 bridgehead atoms. The lowest BCUT2D eigenvalue weighted by atomic mass is 10.1. The molecule has 0 aliphatic heterocycles. The molecule has 28 heavy (non-hydrogen) atoms. The third-order valence-corrected chi connectivity index (χ3v) is 4.92. The van der Waals surface area contributed by atoms with Crippen molar-refractivity contribution in [2.24, 2.45) is 0 Å². The normalized spacial score (nSPS) is 10.5. The number of non-ortho nitro benzene ring substituents is 1. The molecule has 3 aromatic rings. The van der Waals surface area contributed by atoms with Gasteiger partial charge in [-0.25, -0.2) is 9.78 Å². The first-order valence-corrected chi connectivity index (χ1v) is 9.16. The largest absolute Gasteiger partial charge is 0.454 e. The summed E-state index contributed by atoms with van der Waals surface area (Å²) in [5.41, 5.74) is 2.24. The van der Waals surface area contributed by atoms with Gasteiger partial charge in [0, 0.05) is 28.1 Å². The number of ketones is 1. The van der Waals surface area contributed by atoms with Crippen LogP contribution in [0.5, 0.6) is 0 Å². The van der Waals surface area contributed by atoms with Crippen molar-refractivity contribution in [2.75, 3.05) is 6.61 Å². The van der Waals surface area contributed by atoms with Crippen LogP contribution in [-0.2, 0) is 4.74 Å². The van der Waals surface area contributed by atoms with Crippen molar-refractivity contribution in [3.63, 3.8) is 0 Å². The van der Waals surface area contributed by atoms with Crippen LogP contribution in [-0.4, -0.2) is 28.3 Å². The van der Waals surface area contributed by atoms with Crippen LogP contribution in [0.3, 0.4) is 0 Å². The molecular weight excluding hydrogens is 380 g/mol. The topological polar surface area (TPSA) is 99.4 Å². The number of Topliss-reactive ketones (excluding diaryl/α,β-unsaturated/α-hetero) is 1. The maximum atomic E-state index is 12.2. The molecule has 0 spiro atoms. The lowest BCUT2D eigenvalue weighted by Gasteiger charge is -2.05. The average Bonchev–Trinajstić information content (AvgIpc) is 3.04. The molecule has 0 saturated heterocycles. The second-order valence-corrected chi connectivity index (χ2v) is 7.43. The van der Waals surface area contributed by atoms with Gasteiger partial charge in [-0.05, 0) is 38.1 Å². The Balaban J connectivity index is 1.62. The van der Waals surface area contributed by atoms with E-state index in [0.717, 1.165) is 21.1 Å². The molecule has 142 valence electrons. The lowest BCUT2D eigenvalue weighted by molar-refractivity contribution is -0.384. The first-order chi connectivity index (χ1) is 13.3. The molecule has 7 nitrogen and oxygen atoms in total. The Bertz CT molecular complexity index is 1040. The molecule has 0 N–H and O–H groups in total. The molecular formula is C20H16N2O5S. The van der Waals surface area contributed by atoms with Crippen LogP contribution >= 0.6 is 11.3 Å². The summed E-state index contributed by atoms with van der Waals surface area (Å²) in [6.07, 6.45) is 0. The Morgan fingerprint density at radius 3 is 2.18 bits per heavy atom. The fourth-order valence-electron chi connectivity index (χ4n) is 2.63. The lowest BCUT2D eigenvalue weighted by Crippen LogP contribution is -2.14. The number of esters is 1. The van der Waals surface area contributed by atoms with Gasteiger partial charge >= 0.3 is 5.97 Å². The second kappa shape index (κ2) is 8.10. The number of rotatable bonds is 6. The summed E-state index contributed by atoms with van der Waals surface area (Å²) in [5.74, 6) is -1.05. The number of hydrogen-bond acceptors (Lipinski definition) is 7. The molecule has 0 atom stereocenters. The third kappa shape index (κ3) is 4.29. The molecule has 0 saturated carbocycles. The summed E-state index contributed by atoms with van der Waals surface area (Å²) < 4.78 is 5.06. The fraction of sp³-hybridized carbons (Fsp3) is 0.150. The summed E-state index contributed by atoms with van der Waals surface area (Å²) in [4.78, 5) is 39.9. The summed E-state index contributed by atoms with van der Waals surface area (Å²) in [6, 6.07) is 12.0. The number of benzene rings is 2. The van der Waals surface area contributed by atoms with E-state index < -0.39 is 23.3 Å². The minimum absolute atomic E-state index is 0.112. The van der Waals surface area contributed by atoms with Crippen LogP contribution in [0.4, 0.5) is 5.69 Å². The highest BCUT2D eigenvalue weighted by atomic mass is 32.1. The highest BCUT2D eigenvalue weighted by Crippen LogP contribution is 2.27. The van der Waals surface area contributed by atoms with Gasteiger partial charge in [-0.3, -0.25) is 14.9 Å². The van der Waals surface area contributed by atoms with E-state index in [4.69, 9.17) is 4.74 Å². The van der Waals surface area contributed by atoms with Crippen LogP contribution in [0.1, 0.15) is 30.6 Å². The number of ether oxygens (including phenoxy) is 1. The zero-order valence-corrected chi connectivity index (χ0v) is 16.0. The van der Waals surface area contributed by atoms with E-state index in [0.29, 0.717) is 5.56 Å². The quantitative estimate of drug-likeness (QED) is 0.265. The predicted molar refractivity (Wildman–Crippen MR) is 105 cm³/mol. The third-order valence-electron chi connectivity index (χ3n) is 4.03. The molecule has 0 aliphatic rings. The van der Waals surface area contributed by atoms with Crippen molar-refractivity contribution in [3.8, 4) is 11.3 Å². The first-order valence-electron chi connectivity index (χ1n) is 8.34. The van der Waals surface area contributed by atoms with Crippen molar-refractivity contribution in [1.82, 2.24) is 4.98 Å². The van der Waals surface area contributed by atoms with Gasteiger partial charge in [0.2, 0.25) is 0 Å². The summed E-state index contributed by atoms with van der Waals surface area (Å²) in [5, 5.41) is 11.6. The number of carbonyl (C=O) groups excluding carboxylic acids is 2. The van der Waals surface area contributed by atoms with Crippen molar-refractivity contribution in [3.05, 3.63) is 79.7 Å². The second-order valence-electron chi connectivity index (χ2n) is 6.02. The van der Waals surface area contributed by atoms with E-state index in [1.807, 2.05) is 13.8 Å². The molecule has 2 aromatic carbocycles. The summed E-state index contributed by atoms with van der Waals surface area (Å²) in [7, 11) is 0. The van der Waals surface area contributed by atoms with Gasteiger partial charge < -0.3 is 4.74 Å². The monoisotopic (exact) mass is 396 g/mol. The summed E-state index contributed by atoms with van der Waals surface area (Å²) >= 11 is 1.61. The first kappa shape index (κ1) is 19.4. The minimum atomic E-state index is -0.618. The van der Waals surface area contributed by atoms with Crippen LogP contribution in [0.15, 0.2) is 48.5 Å². The smallest absolute Gasteiger partial charge is 0.338 e. The maximum absolute atomic E-state index is 12.2. The predicted octanol–water partition coefficient (Wildman–Crippen LogP) is 4.37. The molecule has 3 rings (SSSR count). The number of carbonyl (C=O) groups is 2. The number of nitro benzene ring substituents is 1. The highest BCUT2D eigenvalue weighted by molar-refractivity contribution is 7.11. The molecule has 0 amide bonds. The van der Waals surface area contributed by atoms with Crippen molar-refractivity contribution in [1.29, 1.82) is 0 Å². The van der Waals surface area contributed by atoms with Crippen LogP contribution < -0.4 is 0 Å². The van der Waals surface area contributed by atoms with E-state index in [2.05, 4.69) is 4.98 Å². The van der Waals surface area contributed by atoms with Crippen molar-refractivity contribution >= 4 is 28.8 Å². The maximum Gasteiger partial charge on any atom is 0.338 e. The number of thiazole rings is 1. The Morgan fingerprint density at radius 2 is 1.64 bits per heavy atom. The van der Waals surface area contributed by atoms with Gasteiger partial charge in [0.15, 0.2) is 12.4 Å². The van der Waals surface area contributed by atoms with Crippen molar-refractivity contribution in [2.45, 2.75) is 13.8 Å². The number of nitro groups is 1. The number of hydrogen-bond donors (Lipinski definition) is 0. The number of nitrogens with zero attached hydrogens (tertiary/aromatic N) is 2. The SMILES string of the molecule is Cc1nc(-c2ccc(C(=O)OCC(=O)c3ccc([N+](=O)[O-])cc3)cc2)c(C)s1. The van der Waals surface area contributed by atoms with Gasteiger partial charge in [-0.15, -0.1) is 11.3 Å². The van der Waals surface area contributed by atoms with Gasteiger partial charge in [0.25, 0.3) is 5.69 Å². The Morgan fingerprint density at radius 1 is 1.04 bits per heavy atom. The molecule has 0 unspecified atom stereocenters. The number of aryl methyl sites for hydroxylation is 2. The van der Waals surface area contributed by atoms with E-state index >= 15 is 0 Å².